The molecule has 0 radical (unpaired) electrons. The minimum atomic E-state index is -1.13. The van der Waals surface area contributed by atoms with Gasteiger partial charge in [0.2, 0.25) is 0 Å². The molecule has 0 aliphatic carbocycles. The Morgan fingerprint density at radius 1 is 0.418 bits per heavy atom. The number of benzene rings is 4. The quantitative estimate of drug-likeness (QED) is 0.0229. The normalized spacial score (nSPS) is 13.2. The van der Waals surface area contributed by atoms with Crippen LogP contribution in [0.3, 0.4) is 0 Å². The summed E-state index contributed by atoms with van der Waals surface area (Å²) in [6.45, 7) is 26.6. The summed E-state index contributed by atoms with van der Waals surface area (Å²) in [6.07, 6.45) is 24.4. The zero-order chi connectivity index (χ0) is 99.1. The molecule has 17 aromatic rings. The average molecular weight is 1970 g/mol. The van der Waals surface area contributed by atoms with Crippen molar-refractivity contribution < 1.29 is 44.3 Å². The van der Waals surface area contributed by atoms with Crippen LogP contribution in [0.1, 0.15) is 146 Å². The van der Waals surface area contributed by atoms with Gasteiger partial charge in [0.1, 0.15) is 33.4 Å². The Labute approximate surface area is 831 Å². The molecule has 1 atom stereocenters. The van der Waals surface area contributed by atoms with Crippen LogP contribution in [0.2, 0.25) is 0 Å². The van der Waals surface area contributed by atoms with Gasteiger partial charge in [0.15, 0.2) is 33.1 Å². The van der Waals surface area contributed by atoms with Gasteiger partial charge in [0.05, 0.1) is 94.7 Å². The van der Waals surface area contributed by atoms with Gasteiger partial charge in [-0.2, -0.15) is 0 Å². The summed E-state index contributed by atoms with van der Waals surface area (Å²) in [6, 6.07) is 42.8. The third-order valence-electron chi connectivity index (χ3n) is 23.0. The highest BCUT2D eigenvalue weighted by Crippen LogP contribution is 2.44. The molecule has 37 heteroatoms. The monoisotopic (exact) mass is 1970 g/mol. The van der Waals surface area contributed by atoms with Gasteiger partial charge >= 0.3 is 18.1 Å². The Morgan fingerprint density at radius 2 is 0.865 bits per heavy atom. The SMILES string of the molecule is CCCC(=O)Cc1nc2cc(-c3ccc(C(O)c4nccn4C)nc3)cc(-c3ccccn3)c2s1.CCNC(=O)Nc1nc2cc(-c3ccc(C(C)(C)O)nc3)cc(-c3ccccn3)c2s1.CCNC(=O)Nc1nc2cc(-c3cnc(C(C)(C)O)nc3)cc(-c3cc(CN4CCCC4)ccn3)c2s1.CCNC(=O)Nc1nc2cc(-c3cnc(C(C)(C)O)nc3)cc(-c3ccc(CN4CCOCC4)cn3)c2s1. The number of ether oxygens (including phenoxy) is 1. The second-order valence-corrected chi connectivity index (χ2v) is 39.5. The smallest absolute Gasteiger partial charge is 0.321 e. The molecule has 2 aliphatic rings. The molecule has 0 spiro atoms. The molecule has 2 saturated heterocycles. The molecule has 724 valence electrons. The highest BCUT2D eigenvalue weighted by atomic mass is 32.1. The largest absolute Gasteiger partial charge is 0.384 e. The van der Waals surface area contributed by atoms with Gasteiger partial charge in [-0.15, -0.1) is 11.3 Å². The lowest BCUT2D eigenvalue weighted by Crippen LogP contribution is -2.35. The number of nitrogens with zero attached hydrogens (tertiary/aromatic N) is 18. The number of carbonyl (C=O) groups excluding carboxylic acids is 4. The van der Waals surface area contributed by atoms with Gasteiger partial charge in [0.25, 0.3) is 0 Å². The van der Waals surface area contributed by atoms with Crippen molar-refractivity contribution in [3.05, 3.63) is 253 Å². The van der Waals surface area contributed by atoms with Gasteiger partial charge in [-0.05, 0) is 231 Å². The number of aromatic nitrogens is 16. The van der Waals surface area contributed by atoms with Crippen LogP contribution in [0.4, 0.5) is 29.8 Å². The summed E-state index contributed by atoms with van der Waals surface area (Å²) in [5.74, 6) is 1.45. The van der Waals surface area contributed by atoms with Gasteiger partial charge in [0, 0.05) is 178 Å². The summed E-state index contributed by atoms with van der Waals surface area (Å²) in [7, 11) is 1.84. The average Bonchev–Trinajstić information content (AvgIpc) is 1.70. The first-order chi connectivity index (χ1) is 68.0. The first-order valence-corrected chi connectivity index (χ1v) is 49.9. The molecule has 10 N–H and O–H groups in total. The Bertz CT molecular complexity index is 7220. The highest BCUT2D eigenvalue weighted by molar-refractivity contribution is 7.23. The van der Waals surface area contributed by atoms with Crippen LogP contribution >= 0.6 is 45.3 Å². The van der Waals surface area contributed by atoms with E-state index >= 15 is 0 Å². The van der Waals surface area contributed by atoms with E-state index in [0.717, 1.165) is 200 Å². The van der Waals surface area contributed by atoms with E-state index in [0.29, 0.717) is 76.7 Å². The van der Waals surface area contributed by atoms with E-state index in [-0.39, 0.29) is 23.9 Å². The van der Waals surface area contributed by atoms with E-state index in [1.54, 1.807) is 119 Å². The van der Waals surface area contributed by atoms with Crippen molar-refractivity contribution in [1.82, 2.24) is 105 Å². The number of aliphatic hydroxyl groups is 4. The fourth-order valence-electron chi connectivity index (χ4n) is 16.0. The number of aliphatic hydroxyl groups excluding tert-OH is 1. The first kappa shape index (κ1) is 99.9. The Morgan fingerprint density at radius 3 is 1.29 bits per heavy atom. The molecule has 0 saturated carbocycles. The minimum Gasteiger partial charge on any atom is -0.384 e. The standard InChI is InChI=1S/C27H31N7O3S.C27H31N7O2S.C27H25N5O2S.C23H23N5O2S/c1-4-28-25(35)33-26-32-22-12-18(19-14-30-24(31-15-19)27(2,3)36)11-20(23(22)38-26)21-6-5-17(13-29-21)16-34-7-9-37-10-8-34;1-4-28-25(35)33-26-32-22-13-18(19-14-30-24(31-15-19)27(2,3)36)12-20(23(22)37-26)21-11-17(7-8-29-21)16-34-9-5-6-10-34;1-3-6-19(33)15-24-31-23-14-18(13-20(26(23)35-24)21-7-4-5-10-28-21)17-8-9-22(30-16-17)25(34)27-29-11-12-32(27)2;1-4-24-21(29)28-22-27-18-12-15(14-8-9-19(26-13-14)23(2,3)30)11-16(20(18)31-22)17-7-5-6-10-25-17/h5-6,11-15,36H,4,7-10,16H2,1-3H3,(H2,28,32,33,35);7-8,11-15,36H,4-6,9-10,16H2,1-3H3,(H2,28,32,33,35);4-5,7-14,16,25,34H,3,6,15H2,1-2H3;5-13,30H,4H2,1-3H3,(H2,24,27,28,29). The number of hydrogen-bond donors (Lipinski definition) is 10. The number of likely N-dealkylation sites (tertiary alicyclic amines) is 1. The number of Topliss-reactive ketones (excluding diaryl/α,β-unsaturated/α-hetero) is 1. The van der Waals surface area contributed by atoms with Crippen molar-refractivity contribution in [3.8, 4) is 89.5 Å². The van der Waals surface area contributed by atoms with Gasteiger partial charge in [-0.1, -0.05) is 71.3 Å². The summed E-state index contributed by atoms with van der Waals surface area (Å²) in [5.41, 5.74) is 17.4. The molecule has 141 heavy (non-hydrogen) atoms. The van der Waals surface area contributed by atoms with E-state index in [1.165, 1.54) is 52.4 Å². The predicted molar refractivity (Wildman–Crippen MR) is 555 cm³/mol. The predicted octanol–water partition coefficient (Wildman–Crippen LogP) is 18.7. The number of thiazole rings is 4. The minimum absolute atomic E-state index is 0.206. The molecule has 1 unspecified atom stereocenters. The molecule has 6 amide bonds. The molecule has 2 aliphatic heterocycles. The van der Waals surface area contributed by atoms with Crippen molar-refractivity contribution in [3.63, 3.8) is 0 Å². The highest BCUT2D eigenvalue weighted by Gasteiger charge is 2.28. The van der Waals surface area contributed by atoms with Crippen LogP contribution in [-0.2, 0) is 52.9 Å². The molecule has 2 fully saturated rings. The lowest BCUT2D eigenvalue weighted by atomic mass is 9.99. The molecule has 0 bridgehead atoms. The van der Waals surface area contributed by atoms with Crippen LogP contribution < -0.4 is 31.9 Å². The molecule has 15 heterocycles. The van der Waals surface area contributed by atoms with Crippen molar-refractivity contribution in [2.24, 2.45) is 7.05 Å². The molecule has 13 aromatic heterocycles. The van der Waals surface area contributed by atoms with Gasteiger partial charge < -0.3 is 45.7 Å². The Balaban J connectivity index is 0.000000136. The van der Waals surface area contributed by atoms with E-state index < -0.39 is 22.9 Å². The number of hydrogen-bond acceptors (Lipinski definition) is 30. The summed E-state index contributed by atoms with van der Waals surface area (Å²) < 4.78 is 11.0. The summed E-state index contributed by atoms with van der Waals surface area (Å²) in [4.78, 5) is 121. The third kappa shape index (κ3) is 25.2. The van der Waals surface area contributed by atoms with Gasteiger partial charge in [-0.25, -0.2) is 59.2 Å². The zero-order valence-corrected chi connectivity index (χ0v) is 83.3. The van der Waals surface area contributed by atoms with Crippen LogP contribution in [-0.4, -0.2) is 192 Å². The lowest BCUT2D eigenvalue weighted by Gasteiger charge is -2.26. The van der Waals surface area contributed by atoms with E-state index in [4.69, 9.17) is 24.7 Å². The molecular weight excluding hydrogens is 1860 g/mol. The molecule has 4 aromatic carbocycles. The van der Waals surface area contributed by atoms with Gasteiger partial charge in [-0.3, -0.25) is 60.4 Å². The number of fused-ring (bicyclic) bond motifs is 4. The van der Waals surface area contributed by atoms with Crippen LogP contribution in [0.25, 0.3) is 130 Å². The number of imidazole rings is 1. The maximum Gasteiger partial charge on any atom is 0.321 e. The number of anilines is 3. The fraction of sp³-hybridized carbons (Fsp3) is 0.298. The number of morpholine rings is 1. The van der Waals surface area contributed by atoms with Crippen molar-refractivity contribution >= 4 is 125 Å². The number of carbonyl (C=O) groups is 4. The van der Waals surface area contributed by atoms with Crippen LogP contribution in [0, 0.1) is 0 Å². The van der Waals surface area contributed by atoms with Crippen molar-refractivity contribution in [2.45, 2.75) is 137 Å². The van der Waals surface area contributed by atoms with Crippen LogP contribution in [0.5, 0.6) is 0 Å². The summed E-state index contributed by atoms with van der Waals surface area (Å²) in [5, 5.41) is 60.3. The van der Waals surface area contributed by atoms with Crippen molar-refractivity contribution in [1.29, 1.82) is 0 Å². The molecule has 19 rings (SSSR count). The maximum atomic E-state index is 12.2. The number of pyridine rings is 6. The van der Waals surface area contributed by atoms with E-state index in [2.05, 4.69) is 133 Å². The van der Waals surface area contributed by atoms with Crippen LogP contribution in [0.15, 0.2) is 208 Å². The number of aryl methyl sites for hydroxylation is 1. The second-order valence-electron chi connectivity index (χ2n) is 35.4. The number of urea groups is 3. The lowest BCUT2D eigenvalue weighted by molar-refractivity contribution is -0.118. The fourth-order valence-corrected chi connectivity index (χ4v) is 19.9. The Hall–Kier alpha value is -14.1. The molecular formula is C104H110N24O9S4. The first-order valence-electron chi connectivity index (χ1n) is 46.6. The third-order valence-corrected chi connectivity index (χ3v) is 27.2. The topological polar surface area (TPSA) is 435 Å². The molecule has 33 nitrogen and oxygen atoms in total. The number of ketones is 1. The summed E-state index contributed by atoms with van der Waals surface area (Å²) >= 11 is 5.79. The maximum absolute atomic E-state index is 12.2. The van der Waals surface area contributed by atoms with Crippen molar-refractivity contribution in [2.75, 3.05) is 75.0 Å². The zero-order valence-electron chi connectivity index (χ0n) is 80.0. The number of amides is 6. The van der Waals surface area contributed by atoms with E-state index in [9.17, 15) is 39.6 Å². The van der Waals surface area contributed by atoms with E-state index in [1.807, 2.05) is 144 Å². The second kappa shape index (κ2) is 45.0. The number of rotatable bonds is 27. The Kier molecular flexibility index (Phi) is 31.9. The number of nitrogens with one attached hydrogen (secondary N) is 6.